The monoisotopic (exact) mass is 448 g/mol. The van der Waals surface area contributed by atoms with Crippen LogP contribution < -0.4 is 10.6 Å². The number of carboxylic acids is 1. The van der Waals surface area contributed by atoms with Crippen LogP contribution in [0.2, 0.25) is 0 Å². The van der Waals surface area contributed by atoms with Gasteiger partial charge in [-0.2, -0.15) is 0 Å². The number of para-hydroxylation sites is 1. The van der Waals surface area contributed by atoms with Crippen molar-refractivity contribution in [2.45, 2.75) is 17.1 Å². The second-order valence-electron chi connectivity index (χ2n) is 5.41. The maximum atomic E-state index is 12.3. The van der Waals surface area contributed by atoms with Gasteiger partial charge >= 0.3 is 5.97 Å². The molecule has 3 N–H and O–H groups in total. The molecule has 2 amide bonds. The molecule has 0 heterocycles. The summed E-state index contributed by atoms with van der Waals surface area (Å²) in [5.74, 6) is -1.84. The number of rotatable bonds is 7. The zero-order valence-electron chi connectivity index (χ0n) is 14.3. The first-order chi connectivity index (χ1) is 12.8. The number of benzene rings is 2. The molecule has 0 aromatic heterocycles. The molecule has 0 fully saturated rings. The summed E-state index contributed by atoms with van der Waals surface area (Å²) in [5.41, 5.74) is 1.24. The topological polar surface area (TPSA) is 95.5 Å². The van der Waals surface area contributed by atoms with Crippen LogP contribution in [0.15, 0.2) is 70.1 Å². The third-order valence-electron chi connectivity index (χ3n) is 3.31. The molecule has 1 unspecified atom stereocenters. The molecule has 0 saturated carbocycles. The normalized spacial score (nSPS) is 11.8. The van der Waals surface area contributed by atoms with Crippen molar-refractivity contribution in [2.75, 3.05) is 10.6 Å². The molecular weight excluding hydrogens is 432 g/mol. The fourth-order valence-electron chi connectivity index (χ4n) is 2.00. The predicted octanol–water partition coefficient (Wildman–Crippen LogP) is 4.15. The van der Waals surface area contributed by atoms with Crippen molar-refractivity contribution in [3.05, 3.63) is 65.2 Å². The van der Waals surface area contributed by atoms with Crippen LogP contribution in [-0.4, -0.2) is 28.1 Å². The lowest BCUT2D eigenvalue weighted by atomic mass is 10.3. The van der Waals surface area contributed by atoms with E-state index in [1.807, 2.05) is 31.2 Å². The smallest absolute Gasteiger partial charge is 0.328 e. The van der Waals surface area contributed by atoms with Gasteiger partial charge in [0.25, 0.3) is 0 Å². The van der Waals surface area contributed by atoms with E-state index in [0.717, 1.165) is 21.5 Å². The zero-order chi connectivity index (χ0) is 19.8. The highest BCUT2D eigenvalue weighted by Gasteiger charge is 2.15. The first-order valence-corrected chi connectivity index (χ1v) is 9.56. The summed E-state index contributed by atoms with van der Waals surface area (Å²) < 4.78 is 0.813. The maximum Gasteiger partial charge on any atom is 0.328 e. The van der Waals surface area contributed by atoms with Crippen molar-refractivity contribution in [1.82, 2.24) is 0 Å². The molecule has 0 bridgehead atoms. The summed E-state index contributed by atoms with van der Waals surface area (Å²) >= 11 is 4.78. The average molecular weight is 449 g/mol. The van der Waals surface area contributed by atoms with Gasteiger partial charge in [-0.05, 0) is 59.3 Å². The van der Waals surface area contributed by atoms with E-state index in [4.69, 9.17) is 5.11 Å². The van der Waals surface area contributed by atoms with Crippen LogP contribution in [0.4, 0.5) is 11.4 Å². The number of hydrogen-bond acceptors (Lipinski definition) is 4. The molecule has 0 aliphatic carbocycles. The molecule has 2 aromatic carbocycles. The summed E-state index contributed by atoms with van der Waals surface area (Å²) in [6.45, 7) is 1.81. The highest BCUT2D eigenvalue weighted by Crippen LogP contribution is 2.27. The van der Waals surface area contributed by atoms with Crippen LogP contribution in [0, 0.1) is 0 Å². The van der Waals surface area contributed by atoms with Crippen molar-refractivity contribution in [1.29, 1.82) is 0 Å². The Morgan fingerprint density at radius 3 is 2.33 bits per heavy atom. The van der Waals surface area contributed by atoms with Gasteiger partial charge in [0.1, 0.15) is 0 Å². The fraction of sp³-hybridized carbons (Fsp3) is 0.105. The quantitative estimate of drug-likeness (QED) is 0.436. The zero-order valence-corrected chi connectivity index (χ0v) is 16.7. The van der Waals surface area contributed by atoms with Crippen LogP contribution in [0.1, 0.15) is 6.92 Å². The van der Waals surface area contributed by atoms with Gasteiger partial charge in [0.05, 0.1) is 10.9 Å². The lowest BCUT2D eigenvalue weighted by Gasteiger charge is -2.13. The summed E-state index contributed by atoms with van der Waals surface area (Å²) in [4.78, 5) is 35.1. The SMILES string of the molecule is CC(Sc1ccc(NC(=O)/C=C/C(=O)O)cc1)C(=O)Nc1ccccc1Br. The molecule has 0 aliphatic heterocycles. The second-order valence-corrected chi connectivity index (χ2v) is 7.68. The largest absolute Gasteiger partial charge is 0.478 e. The average Bonchev–Trinajstić information content (AvgIpc) is 2.63. The van der Waals surface area contributed by atoms with Gasteiger partial charge in [-0.1, -0.05) is 12.1 Å². The highest BCUT2D eigenvalue weighted by atomic mass is 79.9. The Morgan fingerprint density at radius 1 is 1.04 bits per heavy atom. The second kappa shape index (κ2) is 9.94. The van der Waals surface area contributed by atoms with Crippen molar-refractivity contribution in [3.8, 4) is 0 Å². The maximum absolute atomic E-state index is 12.3. The molecule has 140 valence electrons. The molecule has 8 heteroatoms. The summed E-state index contributed by atoms with van der Waals surface area (Å²) in [5, 5.41) is 13.6. The summed E-state index contributed by atoms with van der Waals surface area (Å²) in [6, 6.07) is 14.3. The number of hydrogen-bond donors (Lipinski definition) is 3. The van der Waals surface area contributed by atoms with Gasteiger partial charge in [0.15, 0.2) is 0 Å². The first kappa shape index (κ1) is 20.7. The van der Waals surface area contributed by atoms with E-state index in [9.17, 15) is 14.4 Å². The minimum absolute atomic E-state index is 0.122. The summed E-state index contributed by atoms with van der Waals surface area (Å²) in [6.07, 6.45) is 1.71. The molecule has 0 radical (unpaired) electrons. The molecule has 0 aliphatic rings. The Morgan fingerprint density at radius 2 is 1.70 bits per heavy atom. The molecule has 27 heavy (non-hydrogen) atoms. The van der Waals surface area contributed by atoms with E-state index in [1.54, 1.807) is 24.3 Å². The minimum atomic E-state index is -1.19. The molecular formula is C19H17BrN2O4S. The highest BCUT2D eigenvalue weighted by molar-refractivity contribution is 9.10. The van der Waals surface area contributed by atoms with Crippen molar-refractivity contribution < 1.29 is 19.5 Å². The van der Waals surface area contributed by atoms with E-state index < -0.39 is 11.9 Å². The molecule has 6 nitrogen and oxygen atoms in total. The molecule has 2 rings (SSSR count). The van der Waals surface area contributed by atoms with Crippen molar-refractivity contribution in [2.24, 2.45) is 0 Å². The standard InChI is InChI=1S/C19H17BrN2O4S/c1-12(19(26)22-16-5-3-2-4-15(16)20)27-14-8-6-13(7-9-14)21-17(23)10-11-18(24)25/h2-12H,1H3,(H,21,23)(H,22,26)(H,24,25)/b11-10+. The molecule has 0 spiro atoms. The lowest BCUT2D eigenvalue weighted by Crippen LogP contribution is -2.22. The third-order valence-corrected chi connectivity index (χ3v) is 5.12. The molecule has 0 saturated heterocycles. The number of carboxylic acid groups (broad SMARTS) is 1. The van der Waals surface area contributed by atoms with Crippen LogP contribution >= 0.6 is 27.7 Å². The van der Waals surface area contributed by atoms with Gasteiger partial charge in [-0.3, -0.25) is 9.59 Å². The third kappa shape index (κ3) is 6.92. The number of carbonyl (C=O) groups is 3. The number of thioether (sulfide) groups is 1. The summed E-state index contributed by atoms with van der Waals surface area (Å²) in [7, 11) is 0. The van der Waals surface area contributed by atoms with E-state index in [0.29, 0.717) is 11.4 Å². The Balaban J connectivity index is 1.91. The van der Waals surface area contributed by atoms with Crippen molar-refractivity contribution in [3.63, 3.8) is 0 Å². The predicted molar refractivity (Wildman–Crippen MR) is 110 cm³/mol. The number of nitrogens with one attached hydrogen (secondary N) is 2. The lowest BCUT2D eigenvalue weighted by molar-refractivity contribution is -0.131. The number of aliphatic carboxylic acids is 1. The van der Waals surface area contributed by atoms with E-state index in [1.165, 1.54) is 11.8 Å². The van der Waals surface area contributed by atoms with E-state index >= 15 is 0 Å². The Labute approximate surface area is 169 Å². The van der Waals surface area contributed by atoms with E-state index in [2.05, 4.69) is 26.6 Å². The number of anilines is 2. The van der Waals surface area contributed by atoms with Crippen LogP contribution in [0.3, 0.4) is 0 Å². The Hall–Kier alpha value is -2.58. The van der Waals surface area contributed by atoms with Gasteiger partial charge in [0.2, 0.25) is 11.8 Å². The number of halogens is 1. The van der Waals surface area contributed by atoms with Crippen LogP contribution in [0.5, 0.6) is 0 Å². The Bertz CT molecular complexity index is 868. The van der Waals surface area contributed by atoms with Crippen LogP contribution in [-0.2, 0) is 14.4 Å². The van der Waals surface area contributed by atoms with Crippen molar-refractivity contribution >= 4 is 56.9 Å². The van der Waals surface area contributed by atoms with E-state index in [-0.39, 0.29) is 11.2 Å². The van der Waals surface area contributed by atoms with Gasteiger partial charge in [-0.25, -0.2) is 4.79 Å². The molecule has 1 atom stereocenters. The minimum Gasteiger partial charge on any atom is -0.478 e. The molecule has 2 aromatic rings. The van der Waals surface area contributed by atoms with Gasteiger partial charge in [-0.15, -0.1) is 11.8 Å². The van der Waals surface area contributed by atoms with Gasteiger partial charge in [0, 0.05) is 27.2 Å². The van der Waals surface area contributed by atoms with Gasteiger partial charge < -0.3 is 15.7 Å². The number of amides is 2. The first-order valence-electron chi connectivity index (χ1n) is 7.89. The fourth-order valence-corrected chi connectivity index (χ4v) is 3.25. The Kier molecular flexibility index (Phi) is 7.63. The number of carbonyl (C=O) groups excluding carboxylic acids is 2. The van der Waals surface area contributed by atoms with Crippen LogP contribution in [0.25, 0.3) is 0 Å².